The molecule has 276 valence electrons. The Hall–Kier alpha value is -3.12. The third-order valence-corrected chi connectivity index (χ3v) is 14.0. The van der Waals surface area contributed by atoms with Crippen molar-refractivity contribution in [2.75, 3.05) is 44.6 Å². The van der Waals surface area contributed by atoms with Crippen molar-refractivity contribution in [1.29, 1.82) is 0 Å². The monoisotopic (exact) mass is 738 g/mol. The molecule has 12 heteroatoms. The van der Waals surface area contributed by atoms with Gasteiger partial charge in [-0.1, -0.05) is 36.7 Å². The molecule has 2 bridgehead atoms. The molecule has 51 heavy (non-hydrogen) atoms. The van der Waals surface area contributed by atoms with Crippen LogP contribution in [0.25, 0.3) is 0 Å². The Labute approximate surface area is 307 Å². The number of urea groups is 1. The van der Waals surface area contributed by atoms with Crippen molar-refractivity contribution in [3.63, 3.8) is 0 Å². The first-order valence-electron chi connectivity index (χ1n) is 18.5. The van der Waals surface area contributed by atoms with E-state index < -0.39 is 21.9 Å². The largest absolute Gasteiger partial charge is 0.490 e. The van der Waals surface area contributed by atoms with Gasteiger partial charge in [-0.2, -0.15) is 0 Å². The predicted molar refractivity (Wildman–Crippen MR) is 200 cm³/mol. The standard InChI is InChI=1S/C39H51ClN4O6S/c1-25-6-4-8-35(49-3)32-14-9-28(32)21-44-23-39(17-5-7-26-18-29(40)11-15-33(26)39)24-50-36-16-10-27(19-34(36)44)37(45)42-51(47,22-25)43-38(46)41-30-12-13-31(20-30)48-2/h4,8,10-11,15-16,18-19,25,28,30-32,35H,5-7,9,12-14,17,20-24H2,1-3H3,(H2,41,42,43,45,46,47)/b8-4+/t25-,28-,30+,31+,32+,35-,39-,51-/m0/s1. The maximum atomic E-state index is 14.5. The van der Waals surface area contributed by atoms with E-state index in [0.717, 1.165) is 68.7 Å². The van der Waals surface area contributed by atoms with E-state index in [0.29, 0.717) is 42.6 Å². The van der Waals surface area contributed by atoms with Crippen molar-refractivity contribution in [2.45, 2.75) is 88.4 Å². The molecule has 0 aromatic heterocycles. The number of ether oxygens (including phenoxy) is 3. The van der Waals surface area contributed by atoms with Gasteiger partial charge in [0.05, 0.1) is 30.3 Å². The van der Waals surface area contributed by atoms with Crippen molar-refractivity contribution in [3.8, 4) is 5.75 Å². The van der Waals surface area contributed by atoms with Gasteiger partial charge in [-0.3, -0.25) is 9.52 Å². The molecule has 8 atom stereocenters. The molecule has 0 unspecified atom stereocenters. The second-order valence-corrected chi connectivity index (χ2v) is 17.8. The number of amides is 3. The fourth-order valence-corrected chi connectivity index (χ4v) is 11.0. The molecule has 2 saturated carbocycles. The Bertz CT molecular complexity index is 1790. The molecule has 1 spiro atoms. The second-order valence-electron chi connectivity index (χ2n) is 15.4. The average molecular weight is 739 g/mol. The highest BCUT2D eigenvalue weighted by molar-refractivity contribution is 7.92. The molecule has 2 N–H and O–H groups in total. The second kappa shape index (κ2) is 15.1. The first-order chi connectivity index (χ1) is 24.6. The van der Waals surface area contributed by atoms with E-state index >= 15 is 0 Å². The van der Waals surface area contributed by atoms with Gasteiger partial charge in [0.25, 0.3) is 5.91 Å². The van der Waals surface area contributed by atoms with E-state index in [4.69, 9.17) is 25.8 Å². The predicted octanol–water partition coefficient (Wildman–Crippen LogP) is 6.84. The summed E-state index contributed by atoms with van der Waals surface area (Å²) in [6.07, 6.45) is 12.3. The number of nitrogens with one attached hydrogen (secondary N) is 2. The summed E-state index contributed by atoms with van der Waals surface area (Å²) in [6.45, 7) is 3.98. The number of nitrogens with zero attached hydrogens (tertiary/aromatic N) is 2. The van der Waals surface area contributed by atoms with Crippen molar-refractivity contribution in [2.24, 2.45) is 22.1 Å². The van der Waals surface area contributed by atoms with Crippen LogP contribution >= 0.6 is 11.6 Å². The molecule has 3 amide bonds. The first kappa shape index (κ1) is 36.2. The molecular weight excluding hydrogens is 688 g/mol. The number of halogens is 1. The molecule has 2 aromatic rings. The van der Waals surface area contributed by atoms with E-state index in [9.17, 15) is 13.8 Å². The third-order valence-electron chi connectivity index (χ3n) is 11.8. The number of hydrogen-bond donors (Lipinski definition) is 2. The summed E-state index contributed by atoms with van der Waals surface area (Å²) in [5.41, 5.74) is 3.43. The zero-order valence-electron chi connectivity index (χ0n) is 29.9. The molecule has 0 radical (unpaired) electrons. The molecule has 2 heterocycles. The highest BCUT2D eigenvalue weighted by Crippen LogP contribution is 2.47. The first-order valence-corrected chi connectivity index (χ1v) is 20.5. The summed E-state index contributed by atoms with van der Waals surface area (Å²) >= 11 is 6.46. The topological polar surface area (TPSA) is 119 Å². The number of carbonyl (C=O) groups excluding carboxylic acids is 2. The van der Waals surface area contributed by atoms with Crippen molar-refractivity contribution < 1.29 is 28.0 Å². The quantitative estimate of drug-likeness (QED) is 0.330. The average Bonchev–Trinajstić information content (AvgIpc) is 3.48. The van der Waals surface area contributed by atoms with Gasteiger partial charge in [0.2, 0.25) is 0 Å². The van der Waals surface area contributed by atoms with Gasteiger partial charge in [-0.25, -0.2) is 9.00 Å². The van der Waals surface area contributed by atoms with Gasteiger partial charge >= 0.3 is 6.03 Å². The summed E-state index contributed by atoms with van der Waals surface area (Å²) in [7, 11) is -0.0559. The number of methoxy groups -OCH3 is 2. The van der Waals surface area contributed by atoms with Crippen LogP contribution in [0.5, 0.6) is 5.75 Å². The highest BCUT2D eigenvalue weighted by atomic mass is 35.5. The van der Waals surface area contributed by atoms with Gasteiger partial charge in [0.1, 0.15) is 15.7 Å². The SMILES string of the molecule is CO[C@@H]1CC[C@@H](NC(=O)N[S@@]2(=O)=NC(=O)c3ccc4c(c3)N(C[C@@H]3CC[C@H]3[C@@H](OC)/C=C/C[C@H](C)C2)C[C@@]2(CCCc3cc(Cl)ccc32)CO4)C1. The number of rotatable bonds is 4. The van der Waals surface area contributed by atoms with E-state index in [1.165, 1.54) is 11.1 Å². The van der Waals surface area contributed by atoms with Crippen LogP contribution in [0.15, 0.2) is 52.9 Å². The highest BCUT2D eigenvalue weighted by Gasteiger charge is 2.44. The van der Waals surface area contributed by atoms with Gasteiger partial charge < -0.3 is 24.4 Å². The number of anilines is 1. The van der Waals surface area contributed by atoms with Crippen molar-refractivity contribution in [3.05, 3.63) is 70.3 Å². The van der Waals surface area contributed by atoms with Gasteiger partial charge in [0.15, 0.2) is 0 Å². The minimum Gasteiger partial charge on any atom is -0.490 e. The Morgan fingerprint density at radius 3 is 2.75 bits per heavy atom. The molecule has 5 aliphatic rings. The molecule has 10 nitrogen and oxygen atoms in total. The lowest BCUT2D eigenvalue weighted by Gasteiger charge is -2.46. The molecule has 7 rings (SSSR count). The van der Waals surface area contributed by atoms with Gasteiger partial charge in [0, 0.05) is 49.4 Å². The van der Waals surface area contributed by atoms with Gasteiger partial charge in [-0.05, 0) is 117 Å². The number of fused-ring (bicyclic) bond motifs is 4. The van der Waals surface area contributed by atoms with Crippen LogP contribution in [-0.4, -0.2) is 74.1 Å². The Balaban J connectivity index is 1.25. The fraction of sp³-hybridized carbons (Fsp3) is 0.590. The van der Waals surface area contributed by atoms with Crippen molar-refractivity contribution in [1.82, 2.24) is 10.0 Å². The molecule has 2 aromatic carbocycles. The van der Waals surface area contributed by atoms with E-state index in [2.05, 4.69) is 43.6 Å². The lowest BCUT2D eigenvalue weighted by atomic mass is 9.68. The Morgan fingerprint density at radius 2 is 1.98 bits per heavy atom. The summed E-state index contributed by atoms with van der Waals surface area (Å²) in [4.78, 5) is 29.6. The zero-order chi connectivity index (χ0) is 35.8. The Kier molecular flexibility index (Phi) is 10.7. The Morgan fingerprint density at radius 1 is 1.12 bits per heavy atom. The summed E-state index contributed by atoms with van der Waals surface area (Å²) in [5, 5.41) is 3.68. The lowest BCUT2D eigenvalue weighted by Crippen LogP contribution is -2.49. The van der Waals surface area contributed by atoms with Crippen molar-refractivity contribution >= 4 is 39.1 Å². The summed E-state index contributed by atoms with van der Waals surface area (Å²) < 4.78 is 39.6. The van der Waals surface area contributed by atoms with Crippen LogP contribution in [0, 0.1) is 17.8 Å². The van der Waals surface area contributed by atoms with Crippen LogP contribution in [0.3, 0.4) is 0 Å². The summed E-state index contributed by atoms with van der Waals surface area (Å²) in [5.74, 6) is 0.720. The van der Waals surface area contributed by atoms with Crippen LogP contribution in [-0.2, 0) is 31.2 Å². The van der Waals surface area contributed by atoms with Crippen LogP contribution in [0.2, 0.25) is 5.02 Å². The maximum absolute atomic E-state index is 14.5. The van der Waals surface area contributed by atoms with E-state index in [1.54, 1.807) is 20.3 Å². The third kappa shape index (κ3) is 7.82. The number of allylic oxidation sites excluding steroid dienone is 1. The van der Waals surface area contributed by atoms with Gasteiger partial charge in [-0.15, -0.1) is 4.36 Å². The maximum Gasteiger partial charge on any atom is 0.327 e. The number of benzene rings is 2. The smallest absolute Gasteiger partial charge is 0.327 e. The molecule has 0 saturated heterocycles. The number of hydrogen-bond acceptors (Lipinski definition) is 7. The molecular formula is C39H51ClN4O6S. The van der Waals surface area contributed by atoms with Crippen LogP contribution in [0.1, 0.15) is 79.8 Å². The van der Waals surface area contributed by atoms with Crippen LogP contribution in [0.4, 0.5) is 10.5 Å². The van der Waals surface area contributed by atoms with E-state index in [1.807, 2.05) is 25.1 Å². The number of aryl methyl sites for hydroxylation is 1. The minimum absolute atomic E-state index is 0.0255. The molecule has 2 fully saturated rings. The number of carbonyl (C=O) groups is 2. The zero-order valence-corrected chi connectivity index (χ0v) is 31.5. The normalized spacial score (nSPS) is 34.2. The molecule has 2 aliphatic heterocycles. The fourth-order valence-electron chi connectivity index (χ4n) is 9.01. The lowest BCUT2D eigenvalue weighted by molar-refractivity contribution is 0.0131. The van der Waals surface area contributed by atoms with Crippen LogP contribution < -0.4 is 19.7 Å². The molecule has 3 aliphatic carbocycles. The van der Waals surface area contributed by atoms with E-state index in [-0.39, 0.29) is 35.3 Å². The minimum atomic E-state index is -3.49. The summed E-state index contributed by atoms with van der Waals surface area (Å²) in [6, 6.07) is 10.9.